The molecule has 1 rings (SSSR count). The lowest BCUT2D eigenvalue weighted by molar-refractivity contribution is 0.745. The van der Waals surface area contributed by atoms with Gasteiger partial charge in [-0.25, -0.2) is 0 Å². The Morgan fingerprint density at radius 3 is 2.47 bits per heavy atom. The van der Waals surface area contributed by atoms with Gasteiger partial charge in [0.05, 0.1) is 0 Å². The summed E-state index contributed by atoms with van der Waals surface area (Å²) < 4.78 is 0. The smallest absolute Gasteiger partial charge is 0.0340 e. The number of benzene rings is 1. The molecule has 0 radical (unpaired) electrons. The second kappa shape index (κ2) is 7.30. The highest BCUT2D eigenvalue weighted by Gasteiger charge is 1.94. The molecule has 0 saturated heterocycles. The van der Waals surface area contributed by atoms with Crippen LogP contribution < -0.4 is 11.1 Å². The molecule has 84 valence electrons. The van der Waals surface area contributed by atoms with E-state index >= 15 is 0 Å². The van der Waals surface area contributed by atoms with E-state index in [1.54, 1.807) is 0 Å². The second-order valence-electron chi connectivity index (χ2n) is 3.87. The first-order valence-electron chi connectivity index (χ1n) is 5.89. The fourth-order valence-electron chi connectivity index (χ4n) is 1.53. The van der Waals surface area contributed by atoms with Crippen molar-refractivity contribution in [1.29, 1.82) is 0 Å². The molecule has 0 spiro atoms. The Kier molecular flexibility index (Phi) is 5.86. The number of nitrogens with one attached hydrogen (secondary N) is 1. The molecule has 0 aromatic heterocycles. The zero-order chi connectivity index (χ0) is 10.9. The summed E-state index contributed by atoms with van der Waals surface area (Å²) in [6.07, 6.45) is 4.62. The fraction of sp³-hybridized carbons (Fsp3) is 0.538. The molecular weight excluding hydrogens is 184 g/mol. The maximum absolute atomic E-state index is 5.46. The van der Waals surface area contributed by atoms with Crippen LogP contribution in [0.3, 0.4) is 0 Å². The van der Waals surface area contributed by atoms with Crippen LogP contribution in [0, 0.1) is 0 Å². The molecule has 0 heterocycles. The highest BCUT2D eigenvalue weighted by atomic mass is 14.9. The maximum Gasteiger partial charge on any atom is 0.0340 e. The Hall–Kier alpha value is -1.02. The normalized spacial score (nSPS) is 10.3. The second-order valence-corrected chi connectivity index (χ2v) is 3.87. The van der Waals surface area contributed by atoms with Gasteiger partial charge in [0.2, 0.25) is 0 Å². The fourth-order valence-corrected chi connectivity index (χ4v) is 1.53. The predicted molar refractivity (Wildman–Crippen MR) is 67.2 cm³/mol. The average Bonchev–Trinajstić information content (AvgIpc) is 2.28. The lowest BCUT2D eigenvalue weighted by atomic mass is 10.1. The molecule has 15 heavy (non-hydrogen) atoms. The SMILES string of the molecule is CCCNc1ccc(CCCCN)cc1. The summed E-state index contributed by atoms with van der Waals surface area (Å²) >= 11 is 0. The minimum Gasteiger partial charge on any atom is -0.385 e. The van der Waals surface area contributed by atoms with E-state index in [0.29, 0.717) is 0 Å². The van der Waals surface area contributed by atoms with Gasteiger partial charge in [-0.3, -0.25) is 0 Å². The van der Waals surface area contributed by atoms with E-state index in [1.165, 1.54) is 17.7 Å². The molecule has 0 amide bonds. The molecule has 1 aromatic rings. The van der Waals surface area contributed by atoms with Gasteiger partial charge in [-0.1, -0.05) is 19.1 Å². The third-order valence-electron chi connectivity index (χ3n) is 2.45. The number of rotatable bonds is 7. The number of hydrogen-bond acceptors (Lipinski definition) is 2. The van der Waals surface area contributed by atoms with Gasteiger partial charge in [0.1, 0.15) is 0 Å². The summed E-state index contributed by atoms with van der Waals surface area (Å²) in [7, 11) is 0. The Morgan fingerprint density at radius 2 is 1.87 bits per heavy atom. The van der Waals surface area contributed by atoms with Gasteiger partial charge in [0, 0.05) is 12.2 Å². The Balaban J connectivity index is 2.35. The molecular formula is C13H22N2. The third-order valence-corrected chi connectivity index (χ3v) is 2.45. The molecule has 0 fully saturated rings. The van der Waals surface area contributed by atoms with Crippen LogP contribution >= 0.6 is 0 Å². The summed E-state index contributed by atoms with van der Waals surface area (Å²) in [5, 5.41) is 3.37. The molecule has 2 nitrogen and oxygen atoms in total. The lowest BCUT2D eigenvalue weighted by Crippen LogP contribution is -2.00. The maximum atomic E-state index is 5.46. The lowest BCUT2D eigenvalue weighted by Gasteiger charge is -2.06. The molecule has 0 aliphatic heterocycles. The first kappa shape index (κ1) is 12.1. The van der Waals surface area contributed by atoms with Crippen molar-refractivity contribution in [3.05, 3.63) is 29.8 Å². The van der Waals surface area contributed by atoms with Gasteiger partial charge in [0.15, 0.2) is 0 Å². The number of aryl methyl sites for hydroxylation is 1. The minimum absolute atomic E-state index is 0.802. The highest BCUT2D eigenvalue weighted by molar-refractivity contribution is 5.44. The van der Waals surface area contributed by atoms with E-state index in [0.717, 1.165) is 32.4 Å². The van der Waals surface area contributed by atoms with Crippen LogP contribution in [0.2, 0.25) is 0 Å². The van der Waals surface area contributed by atoms with Crippen LogP contribution in [0.15, 0.2) is 24.3 Å². The third kappa shape index (κ3) is 4.84. The Morgan fingerprint density at radius 1 is 1.13 bits per heavy atom. The summed E-state index contributed by atoms with van der Waals surface area (Å²) in [5.41, 5.74) is 8.09. The highest BCUT2D eigenvalue weighted by Crippen LogP contribution is 2.11. The van der Waals surface area contributed by atoms with Crippen LogP contribution in [0.4, 0.5) is 5.69 Å². The van der Waals surface area contributed by atoms with E-state index in [4.69, 9.17) is 5.73 Å². The van der Waals surface area contributed by atoms with Crippen LogP contribution in [-0.2, 0) is 6.42 Å². The molecule has 0 atom stereocenters. The van der Waals surface area contributed by atoms with E-state index in [-0.39, 0.29) is 0 Å². The van der Waals surface area contributed by atoms with Crippen molar-refractivity contribution in [2.24, 2.45) is 5.73 Å². The van der Waals surface area contributed by atoms with E-state index in [9.17, 15) is 0 Å². The van der Waals surface area contributed by atoms with Crippen molar-refractivity contribution in [2.45, 2.75) is 32.6 Å². The molecule has 0 aliphatic carbocycles. The molecule has 0 unspecified atom stereocenters. The molecule has 0 bridgehead atoms. The minimum atomic E-state index is 0.802. The van der Waals surface area contributed by atoms with E-state index in [2.05, 4.69) is 36.5 Å². The molecule has 1 aromatic carbocycles. The summed E-state index contributed by atoms with van der Waals surface area (Å²) in [6.45, 7) is 4.02. The number of unbranched alkanes of at least 4 members (excludes halogenated alkanes) is 1. The zero-order valence-electron chi connectivity index (χ0n) is 9.63. The van der Waals surface area contributed by atoms with Crippen molar-refractivity contribution in [3.8, 4) is 0 Å². The monoisotopic (exact) mass is 206 g/mol. The van der Waals surface area contributed by atoms with Crippen LogP contribution in [0.5, 0.6) is 0 Å². The summed E-state index contributed by atoms with van der Waals surface area (Å²) in [6, 6.07) is 8.73. The van der Waals surface area contributed by atoms with Gasteiger partial charge in [-0.05, 0) is 49.9 Å². The first-order chi connectivity index (χ1) is 7.36. The Bertz CT molecular complexity index is 254. The van der Waals surface area contributed by atoms with Crippen LogP contribution in [0.25, 0.3) is 0 Å². The standard InChI is InChI=1S/C13H22N2/c1-2-11-15-13-8-6-12(7-9-13)5-3-4-10-14/h6-9,15H,2-5,10-11,14H2,1H3. The van der Waals surface area contributed by atoms with E-state index in [1.807, 2.05) is 0 Å². The molecule has 3 N–H and O–H groups in total. The zero-order valence-corrected chi connectivity index (χ0v) is 9.63. The van der Waals surface area contributed by atoms with Crippen molar-refractivity contribution in [2.75, 3.05) is 18.4 Å². The van der Waals surface area contributed by atoms with Crippen LogP contribution in [0.1, 0.15) is 31.7 Å². The van der Waals surface area contributed by atoms with E-state index < -0.39 is 0 Å². The van der Waals surface area contributed by atoms with Gasteiger partial charge >= 0.3 is 0 Å². The van der Waals surface area contributed by atoms with Crippen molar-refractivity contribution in [3.63, 3.8) is 0 Å². The van der Waals surface area contributed by atoms with Crippen molar-refractivity contribution in [1.82, 2.24) is 0 Å². The Labute approximate surface area is 92.9 Å². The number of hydrogen-bond donors (Lipinski definition) is 2. The summed E-state index contributed by atoms with van der Waals surface area (Å²) in [4.78, 5) is 0. The quantitative estimate of drug-likeness (QED) is 0.673. The van der Waals surface area contributed by atoms with Gasteiger partial charge < -0.3 is 11.1 Å². The topological polar surface area (TPSA) is 38.0 Å². The number of anilines is 1. The first-order valence-corrected chi connectivity index (χ1v) is 5.89. The summed E-state index contributed by atoms with van der Waals surface area (Å²) in [5.74, 6) is 0. The van der Waals surface area contributed by atoms with Gasteiger partial charge in [-0.15, -0.1) is 0 Å². The van der Waals surface area contributed by atoms with Gasteiger partial charge in [-0.2, -0.15) is 0 Å². The molecule has 0 aliphatic rings. The average molecular weight is 206 g/mol. The van der Waals surface area contributed by atoms with Crippen molar-refractivity contribution >= 4 is 5.69 Å². The number of nitrogens with two attached hydrogens (primary N) is 1. The van der Waals surface area contributed by atoms with Crippen molar-refractivity contribution < 1.29 is 0 Å². The molecule has 0 saturated carbocycles. The predicted octanol–water partition coefficient (Wildman–Crippen LogP) is 2.79. The molecule has 2 heteroatoms. The van der Waals surface area contributed by atoms with Gasteiger partial charge in [0.25, 0.3) is 0 Å². The largest absolute Gasteiger partial charge is 0.385 e. The van der Waals surface area contributed by atoms with Crippen LogP contribution in [-0.4, -0.2) is 13.1 Å².